The van der Waals surface area contributed by atoms with E-state index in [2.05, 4.69) is 80.7 Å². The molecule has 0 spiro atoms. The van der Waals surface area contributed by atoms with Gasteiger partial charge in [0.05, 0.1) is 0 Å². The summed E-state index contributed by atoms with van der Waals surface area (Å²) in [5.41, 5.74) is 7.14. The Balaban J connectivity index is 1.85. The van der Waals surface area contributed by atoms with Gasteiger partial charge in [0.1, 0.15) is 5.82 Å². The van der Waals surface area contributed by atoms with E-state index >= 15 is 0 Å². The molecule has 0 saturated carbocycles. The number of hydrogen-bond acceptors (Lipinski definition) is 1. The summed E-state index contributed by atoms with van der Waals surface area (Å²) < 4.78 is 2.29. The maximum Gasteiger partial charge on any atom is 0.113 e. The Kier molecular flexibility index (Phi) is 4.99. The van der Waals surface area contributed by atoms with Gasteiger partial charge < -0.3 is 4.57 Å². The molecule has 0 radical (unpaired) electrons. The summed E-state index contributed by atoms with van der Waals surface area (Å²) in [6, 6.07) is 4.70. The van der Waals surface area contributed by atoms with Crippen molar-refractivity contribution in [3.05, 3.63) is 76.4 Å². The number of rotatable bonds is 4. The largest absolute Gasteiger partial charge is 0.330 e. The smallest absolute Gasteiger partial charge is 0.113 e. The molecule has 3 rings (SSSR count). The van der Waals surface area contributed by atoms with E-state index in [-0.39, 0.29) is 5.41 Å². The molecular formula is C23H30N2. The van der Waals surface area contributed by atoms with Crippen molar-refractivity contribution in [3.8, 4) is 0 Å². The van der Waals surface area contributed by atoms with E-state index in [4.69, 9.17) is 0 Å². The lowest BCUT2D eigenvalue weighted by atomic mass is 9.83. The van der Waals surface area contributed by atoms with Gasteiger partial charge in [0.15, 0.2) is 0 Å². The number of aryl methyl sites for hydroxylation is 2. The molecule has 2 aromatic rings. The number of allylic oxidation sites excluding steroid dienone is 4. The molecule has 1 heterocycles. The quantitative estimate of drug-likeness (QED) is 0.705. The first kappa shape index (κ1) is 17.7. The van der Waals surface area contributed by atoms with Gasteiger partial charge in [-0.05, 0) is 59.9 Å². The topological polar surface area (TPSA) is 17.8 Å². The molecule has 2 heteroatoms. The van der Waals surface area contributed by atoms with Crippen molar-refractivity contribution in [1.82, 2.24) is 9.55 Å². The SMILES string of the molecule is Cc1cc(C(C)(C)C)cc(C)c1Cc1nccn1CC1=CCCC=C1. The second-order valence-corrected chi connectivity index (χ2v) is 8.25. The molecule has 1 aromatic carbocycles. The van der Waals surface area contributed by atoms with Crippen LogP contribution in [-0.4, -0.2) is 9.55 Å². The highest BCUT2D eigenvalue weighted by Crippen LogP contribution is 2.28. The van der Waals surface area contributed by atoms with E-state index in [0.717, 1.165) is 25.2 Å². The molecule has 25 heavy (non-hydrogen) atoms. The first-order valence-electron chi connectivity index (χ1n) is 9.31. The Morgan fingerprint density at radius 1 is 1.08 bits per heavy atom. The molecule has 0 atom stereocenters. The minimum Gasteiger partial charge on any atom is -0.330 e. The summed E-state index contributed by atoms with van der Waals surface area (Å²) in [5, 5.41) is 0. The zero-order valence-corrected chi connectivity index (χ0v) is 16.3. The average Bonchev–Trinajstić information content (AvgIpc) is 2.97. The molecule has 0 saturated heterocycles. The summed E-state index contributed by atoms with van der Waals surface area (Å²) in [6.07, 6.45) is 14.1. The lowest BCUT2D eigenvalue weighted by molar-refractivity contribution is 0.588. The highest BCUT2D eigenvalue weighted by molar-refractivity contribution is 5.42. The van der Waals surface area contributed by atoms with Crippen LogP contribution in [0.15, 0.2) is 48.3 Å². The van der Waals surface area contributed by atoms with Crippen molar-refractivity contribution >= 4 is 0 Å². The fourth-order valence-corrected chi connectivity index (χ4v) is 3.50. The van der Waals surface area contributed by atoms with Gasteiger partial charge in [-0.15, -0.1) is 0 Å². The number of aromatic nitrogens is 2. The van der Waals surface area contributed by atoms with Crippen LogP contribution in [0.3, 0.4) is 0 Å². The third kappa shape index (κ3) is 4.12. The summed E-state index contributed by atoms with van der Waals surface area (Å²) in [7, 11) is 0. The van der Waals surface area contributed by atoms with Crippen LogP contribution in [0, 0.1) is 13.8 Å². The maximum atomic E-state index is 4.64. The summed E-state index contributed by atoms with van der Waals surface area (Å²) >= 11 is 0. The summed E-state index contributed by atoms with van der Waals surface area (Å²) in [6.45, 7) is 12.2. The van der Waals surface area contributed by atoms with Crippen LogP contribution < -0.4 is 0 Å². The van der Waals surface area contributed by atoms with E-state index in [1.807, 2.05) is 6.20 Å². The van der Waals surface area contributed by atoms with Gasteiger partial charge in [-0.25, -0.2) is 4.98 Å². The number of benzene rings is 1. The van der Waals surface area contributed by atoms with Gasteiger partial charge in [-0.1, -0.05) is 51.1 Å². The minimum atomic E-state index is 0.187. The van der Waals surface area contributed by atoms with Crippen molar-refractivity contribution in [2.45, 2.75) is 65.8 Å². The van der Waals surface area contributed by atoms with Crippen molar-refractivity contribution in [2.24, 2.45) is 0 Å². The predicted molar refractivity (Wildman–Crippen MR) is 106 cm³/mol. The minimum absolute atomic E-state index is 0.187. The number of nitrogens with zero attached hydrogens (tertiary/aromatic N) is 2. The first-order chi connectivity index (χ1) is 11.8. The van der Waals surface area contributed by atoms with E-state index in [9.17, 15) is 0 Å². The van der Waals surface area contributed by atoms with Crippen LogP contribution in [-0.2, 0) is 18.4 Å². The monoisotopic (exact) mass is 334 g/mol. The molecule has 0 fully saturated rings. The molecular weight excluding hydrogens is 304 g/mol. The van der Waals surface area contributed by atoms with E-state index in [1.165, 1.54) is 34.2 Å². The van der Waals surface area contributed by atoms with Crippen LogP contribution in [0.25, 0.3) is 0 Å². The van der Waals surface area contributed by atoms with Crippen molar-refractivity contribution in [1.29, 1.82) is 0 Å². The molecule has 0 unspecified atom stereocenters. The van der Waals surface area contributed by atoms with E-state index in [1.54, 1.807) is 0 Å². The van der Waals surface area contributed by atoms with E-state index < -0.39 is 0 Å². The zero-order chi connectivity index (χ0) is 18.0. The van der Waals surface area contributed by atoms with Gasteiger partial charge in [0.2, 0.25) is 0 Å². The lowest BCUT2D eigenvalue weighted by Gasteiger charge is -2.22. The number of hydrogen-bond donors (Lipinski definition) is 0. The van der Waals surface area contributed by atoms with Crippen LogP contribution in [0.2, 0.25) is 0 Å². The van der Waals surface area contributed by atoms with Crippen LogP contribution in [0.5, 0.6) is 0 Å². The zero-order valence-electron chi connectivity index (χ0n) is 16.3. The summed E-state index contributed by atoms with van der Waals surface area (Å²) in [5.74, 6) is 1.15. The lowest BCUT2D eigenvalue weighted by Crippen LogP contribution is -2.13. The van der Waals surface area contributed by atoms with Crippen LogP contribution >= 0.6 is 0 Å². The standard InChI is InChI=1S/C23H30N2/c1-17-13-20(23(3,4)5)14-18(2)21(17)15-22-24-11-12-25(22)16-19-9-7-6-8-10-19/h7,9-14H,6,8,15-16H2,1-5H3. The van der Waals surface area contributed by atoms with Gasteiger partial charge in [0, 0.05) is 25.4 Å². The third-order valence-corrected chi connectivity index (χ3v) is 5.12. The second kappa shape index (κ2) is 7.03. The van der Waals surface area contributed by atoms with Crippen molar-refractivity contribution in [2.75, 3.05) is 0 Å². The average molecular weight is 335 g/mol. The Morgan fingerprint density at radius 3 is 2.40 bits per heavy atom. The van der Waals surface area contributed by atoms with Gasteiger partial charge >= 0.3 is 0 Å². The fourth-order valence-electron chi connectivity index (χ4n) is 3.50. The normalized spacial score (nSPS) is 14.7. The fraction of sp³-hybridized carbons (Fsp3) is 0.435. The van der Waals surface area contributed by atoms with Crippen LogP contribution in [0.4, 0.5) is 0 Å². The molecule has 2 nitrogen and oxygen atoms in total. The molecule has 0 N–H and O–H groups in total. The Hall–Kier alpha value is -2.09. The Morgan fingerprint density at radius 2 is 1.80 bits per heavy atom. The second-order valence-electron chi connectivity index (χ2n) is 8.25. The predicted octanol–water partition coefficient (Wildman–Crippen LogP) is 5.66. The van der Waals surface area contributed by atoms with E-state index in [0.29, 0.717) is 0 Å². The molecule has 0 aliphatic heterocycles. The third-order valence-electron chi connectivity index (χ3n) is 5.12. The molecule has 0 bridgehead atoms. The van der Waals surface area contributed by atoms with Gasteiger partial charge in [0.25, 0.3) is 0 Å². The van der Waals surface area contributed by atoms with Gasteiger partial charge in [-0.3, -0.25) is 0 Å². The molecule has 1 aliphatic carbocycles. The molecule has 1 aromatic heterocycles. The van der Waals surface area contributed by atoms with Crippen molar-refractivity contribution in [3.63, 3.8) is 0 Å². The van der Waals surface area contributed by atoms with Gasteiger partial charge in [-0.2, -0.15) is 0 Å². The first-order valence-corrected chi connectivity index (χ1v) is 9.31. The van der Waals surface area contributed by atoms with Crippen molar-refractivity contribution < 1.29 is 0 Å². The Labute approximate surface area is 152 Å². The molecule has 1 aliphatic rings. The highest BCUT2D eigenvalue weighted by Gasteiger charge is 2.17. The molecule has 0 amide bonds. The Bertz CT molecular complexity index is 790. The maximum absolute atomic E-state index is 4.64. The van der Waals surface area contributed by atoms with Crippen LogP contribution in [0.1, 0.15) is 61.7 Å². The summed E-state index contributed by atoms with van der Waals surface area (Å²) in [4.78, 5) is 4.64. The number of imidazole rings is 1. The highest BCUT2D eigenvalue weighted by atomic mass is 15.1. The molecule has 132 valence electrons.